The highest BCUT2D eigenvalue weighted by Gasteiger charge is 2.16. The number of morpholine rings is 1. The van der Waals surface area contributed by atoms with Crippen LogP contribution >= 0.6 is 0 Å². The van der Waals surface area contributed by atoms with Gasteiger partial charge in [0.25, 0.3) is 5.91 Å². The van der Waals surface area contributed by atoms with Gasteiger partial charge in [-0.05, 0) is 62.5 Å². The van der Waals surface area contributed by atoms with Crippen LogP contribution in [0.1, 0.15) is 36.5 Å². The van der Waals surface area contributed by atoms with Crippen LogP contribution in [-0.4, -0.2) is 63.3 Å². The Morgan fingerprint density at radius 3 is 2.68 bits per heavy atom. The summed E-state index contributed by atoms with van der Waals surface area (Å²) in [6, 6.07) is 7.92. The topological polar surface area (TPSA) is 44.8 Å². The maximum absolute atomic E-state index is 12.3. The summed E-state index contributed by atoms with van der Waals surface area (Å²) in [5.41, 5.74) is 1.91. The highest BCUT2D eigenvalue weighted by molar-refractivity contribution is 5.94. The quantitative estimate of drug-likeness (QED) is 0.804. The molecule has 0 aliphatic carbocycles. The summed E-state index contributed by atoms with van der Waals surface area (Å²) in [5, 5.41) is 3.05. The van der Waals surface area contributed by atoms with E-state index in [1.165, 1.54) is 31.6 Å². The number of benzene rings is 1. The van der Waals surface area contributed by atoms with Gasteiger partial charge in [0.05, 0.1) is 13.2 Å². The lowest BCUT2D eigenvalue weighted by Gasteiger charge is -2.30. The molecule has 1 atom stereocenters. The second-order valence-corrected chi connectivity index (χ2v) is 7.30. The van der Waals surface area contributed by atoms with Gasteiger partial charge < -0.3 is 19.9 Å². The molecular weight excluding hydrogens is 314 g/mol. The SMILES string of the molecule is C[C@@H]1CCCN(CCCNC(=O)c2ccc(N3CCOCC3)cc2)C1. The van der Waals surface area contributed by atoms with Crippen molar-refractivity contribution in [3.63, 3.8) is 0 Å². The molecule has 2 fully saturated rings. The zero-order valence-corrected chi connectivity index (χ0v) is 15.4. The Bertz CT molecular complexity index is 540. The van der Waals surface area contributed by atoms with E-state index in [1.807, 2.05) is 24.3 Å². The maximum Gasteiger partial charge on any atom is 0.251 e. The Balaban J connectivity index is 1.39. The number of ether oxygens (including phenoxy) is 1. The van der Waals surface area contributed by atoms with Crippen LogP contribution in [0.2, 0.25) is 0 Å². The average molecular weight is 345 g/mol. The first kappa shape index (κ1) is 18.2. The molecule has 138 valence electrons. The molecule has 25 heavy (non-hydrogen) atoms. The molecule has 0 aromatic heterocycles. The standard InChI is InChI=1S/C20H31N3O2/c1-17-4-2-10-22(16-17)11-3-9-21-20(24)18-5-7-19(8-6-18)23-12-14-25-15-13-23/h5-8,17H,2-4,9-16H2,1H3,(H,21,24)/t17-/m1/s1. The highest BCUT2D eigenvalue weighted by atomic mass is 16.5. The maximum atomic E-state index is 12.3. The molecule has 2 aliphatic rings. The van der Waals surface area contributed by atoms with Crippen molar-refractivity contribution in [2.24, 2.45) is 5.92 Å². The van der Waals surface area contributed by atoms with Gasteiger partial charge in [0, 0.05) is 37.4 Å². The second kappa shape index (κ2) is 9.20. The van der Waals surface area contributed by atoms with Crippen molar-refractivity contribution in [2.75, 3.05) is 57.4 Å². The van der Waals surface area contributed by atoms with Crippen molar-refractivity contribution in [3.05, 3.63) is 29.8 Å². The van der Waals surface area contributed by atoms with Crippen molar-refractivity contribution < 1.29 is 9.53 Å². The van der Waals surface area contributed by atoms with Crippen molar-refractivity contribution in [1.82, 2.24) is 10.2 Å². The number of nitrogens with zero attached hydrogens (tertiary/aromatic N) is 2. The fourth-order valence-corrected chi connectivity index (χ4v) is 3.74. The van der Waals surface area contributed by atoms with Gasteiger partial charge >= 0.3 is 0 Å². The monoisotopic (exact) mass is 345 g/mol. The van der Waals surface area contributed by atoms with Gasteiger partial charge in [-0.3, -0.25) is 4.79 Å². The molecule has 2 saturated heterocycles. The molecule has 2 heterocycles. The lowest BCUT2D eigenvalue weighted by Crippen LogP contribution is -2.36. The minimum atomic E-state index is 0.0283. The largest absolute Gasteiger partial charge is 0.378 e. The molecule has 0 radical (unpaired) electrons. The van der Waals surface area contributed by atoms with Crippen LogP contribution in [0.4, 0.5) is 5.69 Å². The molecule has 2 aliphatic heterocycles. The van der Waals surface area contributed by atoms with E-state index in [-0.39, 0.29) is 5.91 Å². The number of carbonyl (C=O) groups excluding carboxylic acids is 1. The van der Waals surface area contributed by atoms with Gasteiger partial charge in [0.2, 0.25) is 0 Å². The lowest BCUT2D eigenvalue weighted by atomic mass is 10.0. The van der Waals surface area contributed by atoms with Crippen LogP contribution < -0.4 is 10.2 Å². The first-order valence-electron chi connectivity index (χ1n) is 9.65. The Morgan fingerprint density at radius 1 is 1.20 bits per heavy atom. The van der Waals surface area contributed by atoms with E-state index in [0.717, 1.165) is 57.3 Å². The van der Waals surface area contributed by atoms with Crippen molar-refractivity contribution >= 4 is 11.6 Å². The van der Waals surface area contributed by atoms with Crippen LogP contribution in [0.25, 0.3) is 0 Å². The van der Waals surface area contributed by atoms with Gasteiger partial charge in [-0.25, -0.2) is 0 Å². The zero-order chi connectivity index (χ0) is 17.5. The first-order valence-corrected chi connectivity index (χ1v) is 9.65. The molecule has 0 unspecified atom stereocenters. The molecule has 0 spiro atoms. The zero-order valence-electron chi connectivity index (χ0n) is 15.4. The van der Waals surface area contributed by atoms with Crippen molar-refractivity contribution in [2.45, 2.75) is 26.2 Å². The van der Waals surface area contributed by atoms with Crippen LogP contribution in [0.15, 0.2) is 24.3 Å². The van der Waals surface area contributed by atoms with Gasteiger partial charge in [-0.2, -0.15) is 0 Å². The normalized spacial score (nSPS) is 22.0. The average Bonchev–Trinajstić information content (AvgIpc) is 2.66. The fraction of sp³-hybridized carbons (Fsp3) is 0.650. The summed E-state index contributed by atoms with van der Waals surface area (Å²) in [6.07, 6.45) is 3.68. The fourth-order valence-electron chi connectivity index (χ4n) is 3.74. The molecule has 1 aromatic rings. The predicted molar refractivity (Wildman–Crippen MR) is 101 cm³/mol. The second-order valence-electron chi connectivity index (χ2n) is 7.30. The summed E-state index contributed by atoms with van der Waals surface area (Å²) >= 11 is 0. The summed E-state index contributed by atoms with van der Waals surface area (Å²) < 4.78 is 5.38. The third kappa shape index (κ3) is 5.44. The molecule has 1 N–H and O–H groups in total. The van der Waals surface area contributed by atoms with Gasteiger partial charge in [-0.1, -0.05) is 6.92 Å². The smallest absolute Gasteiger partial charge is 0.251 e. The summed E-state index contributed by atoms with van der Waals surface area (Å²) in [7, 11) is 0. The highest BCUT2D eigenvalue weighted by Crippen LogP contribution is 2.17. The predicted octanol–water partition coefficient (Wildman–Crippen LogP) is 2.38. The number of hydrogen-bond acceptors (Lipinski definition) is 4. The third-order valence-corrected chi connectivity index (χ3v) is 5.18. The van der Waals surface area contributed by atoms with Gasteiger partial charge in [0.15, 0.2) is 0 Å². The number of amides is 1. The minimum Gasteiger partial charge on any atom is -0.378 e. The Labute approximate surface area is 151 Å². The molecule has 5 nitrogen and oxygen atoms in total. The molecule has 1 amide bonds. The number of piperidine rings is 1. The molecule has 0 bridgehead atoms. The third-order valence-electron chi connectivity index (χ3n) is 5.18. The van der Waals surface area contributed by atoms with E-state index in [1.54, 1.807) is 0 Å². The number of carbonyl (C=O) groups is 1. The van der Waals surface area contributed by atoms with E-state index in [0.29, 0.717) is 0 Å². The van der Waals surface area contributed by atoms with E-state index in [4.69, 9.17) is 4.74 Å². The minimum absolute atomic E-state index is 0.0283. The summed E-state index contributed by atoms with van der Waals surface area (Å²) in [5.74, 6) is 0.842. The Hall–Kier alpha value is -1.59. The van der Waals surface area contributed by atoms with Crippen molar-refractivity contribution in [3.8, 4) is 0 Å². The number of likely N-dealkylation sites (tertiary alicyclic amines) is 1. The molecule has 0 saturated carbocycles. The Morgan fingerprint density at radius 2 is 1.96 bits per heavy atom. The number of nitrogens with one attached hydrogen (secondary N) is 1. The number of anilines is 1. The Kier molecular flexibility index (Phi) is 6.70. The lowest BCUT2D eigenvalue weighted by molar-refractivity contribution is 0.0950. The molecular formula is C20H31N3O2. The van der Waals surface area contributed by atoms with E-state index in [9.17, 15) is 4.79 Å². The van der Waals surface area contributed by atoms with E-state index in [2.05, 4.69) is 22.0 Å². The van der Waals surface area contributed by atoms with Crippen LogP contribution in [0, 0.1) is 5.92 Å². The van der Waals surface area contributed by atoms with Crippen LogP contribution in [0.3, 0.4) is 0 Å². The van der Waals surface area contributed by atoms with Gasteiger partial charge in [0.1, 0.15) is 0 Å². The van der Waals surface area contributed by atoms with Crippen LogP contribution in [-0.2, 0) is 4.74 Å². The van der Waals surface area contributed by atoms with E-state index < -0.39 is 0 Å². The first-order chi connectivity index (χ1) is 12.2. The summed E-state index contributed by atoms with van der Waals surface area (Å²) in [4.78, 5) is 17.1. The molecule has 1 aromatic carbocycles. The molecule has 3 rings (SSSR count). The number of rotatable bonds is 6. The summed E-state index contributed by atoms with van der Waals surface area (Å²) in [6.45, 7) is 9.96. The van der Waals surface area contributed by atoms with Gasteiger partial charge in [-0.15, -0.1) is 0 Å². The van der Waals surface area contributed by atoms with Crippen molar-refractivity contribution in [1.29, 1.82) is 0 Å². The number of hydrogen-bond donors (Lipinski definition) is 1. The van der Waals surface area contributed by atoms with Crippen LogP contribution in [0.5, 0.6) is 0 Å². The van der Waals surface area contributed by atoms with E-state index >= 15 is 0 Å². The molecule has 5 heteroatoms.